The van der Waals surface area contributed by atoms with E-state index in [1.807, 2.05) is 0 Å². The van der Waals surface area contributed by atoms with Crippen molar-refractivity contribution in [1.82, 2.24) is 15.0 Å². The first-order chi connectivity index (χ1) is 8.49. The highest BCUT2D eigenvalue weighted by atomic mass is 79.9. The highest BCUT2D eigenvalue weighted by molar-refractivity contribution is 9.10. The Morgan fingerprint density at radius 3 is 2.94 bits per heavy atom. The maximum Gasteiger partial charge on any atom is 0.309 e. The van der Waals surface area contributed by atoms with Crippen molar-refractivity contribution in [1.29, 1.82) is 0 Å². The molecule has 7 heteroatoms. The molecule has 1 aromatic carbocycles. The van der Waals surface area contributed by atoms with Gasteiger partial charge in [-0.05, 0) is 41.1 Å². The molecule has 0 aliphatic rings. The number of hydrogen-bond acceptors (Lipinski definition) is 3. The molecule has 18 heavy (non-hydrogen) atoms. The Morgan fingerprint density at radius 1 is 1.56 bits per heavy atom. The largest absolute Gasteiger partial charge is 0.481 e. The van der Waals surface area contributed by atoms with Gasteiger partial charge >= 0.3 is 5.97 Å². The van der Waals surface area contributed by atoms with Crippen molar-refractivity contribution >= 4 is 33.5 Å². The summed E-state index contributed by atoms with van der Waals surface area (Å²) in [5, 5.41) is 17.2. The Morgan fingerprint density at radius 2 is 2.28 bits per heavy atom. The molecule has 1 heterocycles. The van der Waals surface area contributed by atoms with Gasteiger partial charge in [-0.2, -0.15) is 0 Å². The van der Waals surface area contributed by atoms with Crippen molar-refractivity contribution in [3.8, 4) is 5.69 Å². The van der Waals surface area contributed by atoms with Gasteiger partial charge in [-0.3, -0.25) is 4.79 Å². The molecule has 2 aromatic rings. The highest BCUT2D eigenvalue weighted by Crippen LogP contribution is 2.25. The summed E-state index contributed by atoms with van der Waals surface area (Å²) < 4.78 is 2.37. The first-order valence-corrected chi connectivity index (χ1v) is 6.24. The molecule has 0 saturated heterocycles. The van der Waals surface area contributed by atoms with Gasteiger partial charge in [-0.1, -0.05) is 16.8 Å². The second-order valence-corrected chi connectivity index (χ2v) is 4.99. The molecule has 5 nitrogen and oxygen atoms in total. The van der Waals surface area contributed by atoms with E-state index in [0.717, 1.165) is 10.2 Å². The van der Waals surface area contributed by atoms with Gasteiger partial charge < -0.3 is 5.11 Å². The van der Waals surface area contributed by atoms with Gasteiger partial charge in [0.25, 0.3) is 0 Å². The molecule has 2 rings (SSSR count). The summed E-state index contributed by atoms with van der Waals surface area (Å²) in [5.74, 6) is -0.935. The molecular weight excluding hydrogens is 321 g/mol. The lowest BCUT2D eigenvalue weighted by molar-refractivity contribution is -0.136. The number of carboxylic acid groups (broad SMARTS) is 1. The number of carbonyl (C=O) groups is 1. The lowest BCUT2D eigenvalue weighted by Crippen LogP contribution is -2.04. The Bertz CT molecular complexity index is 612. The standard InChI is InChI=1S/C11H9BrClN3O2/c1-6-9(5-11(17)18)14-15-16(6)10-4-7(13)2-3-8(10)12/h2-4H,5H2,1H3,(H,17,18). The summed E-state index contributed by atoms with van der Waals surface area (Å²) in [5.41, 5.74) is 1.85. The molecule has 0 bridgehead atoms. The van der Waals surface area contributed by atoms with E-state index < -0.39 is 5.97 Å². The number of nitrogens with zero attached hydrogens (tertiary/aromatic N) is 3. The van der Waals surface area contributed by atoms with Crippen LogP contribution in [0.2, 0.25) is 5.02 Å². The van der Waals surface area contributed by atoms with Gasteiger partial charge in [0.2, 0.25) is 0 Å². The summed E-state index contributed by atoms with van der Waals surface area (Å²) in [6.07, 6.45) is -0.149. The zero-order valence-corrected chi connectivity index (χ0v) is 11.7. The molecule has 0 unspecified atom stereocenters. The van der Waals surface area contributed by atoms with Gasteiger partial charge in [-0.25, -0.2) is 4.68 Å². The van der Waals surface area contributed by atoms with Crippen LogP contribution in [0, 0.1) is 6.92 Å². The van der Waals surface area contributed by atoms with E-state index >= 15 is 0 Å². The predicted octanol–water partition coefficient (Wildman–Crippen LogP) is 2.62. The molecule has 0 spiro atoms. The van der Waals surface area contributed by atoms with Crippen LogP contribution in [-0.2, 0) is 11.2 Å². The SMILES string of the molecule is Cc1c(CC(=O)O)nnn1-c1cc(Cl)ccc1Br. The summed E-state index contributed by atoms with van der Waals surface area (Å²) in [7, 11) is 0. The van der Waals surface area contributed by atoms with Gasteiger partial charge in [0.15, 0.2) is 0 Å². The second-order valence-electron chi connectivity index (χ2n) is 3.70. The topological polar surface area (TPSA) is 68.0 Å². The van der Waals surface area contributed by atoms with Crippen LogP contribution in [0.5, 0.6) is 0 Å². The Kier molecular flexibility index (Phi) is 3.68. The van der Waals surface area contributed by atoms with Crippen molar-refractivity contribution in [3.63, 3.8) is 0 Å². The number of rotatable bonds is 3. The minimum Gasteiger partial charge on any atom is -0.481 e. The fourth-order valence-electron chi connectivity index (χ4n) is 1.54. The number of hydrogen-bond donors (Lipinski definition) is 1. The summed E-state index contributed by atoms with van der Waals surface area (Å²) in [4.78, 5) is 10.7. The highest BCUT2D eigenvalue weighted by Gasteiger charge is 2.14. The molecule has 0 aliphatic carbocycles. The second kappa shape index (κ2) is 5.07. The van der Waals surface area contributed by atoms with Crippen LogP contribution in [0.1, 0.15) is 11.4 Å². The number of aliphatic carboxylic acids is 1. The first kappa shape index (κ1) is 13.0. The zero-order valence-electron chi connectivity index (χ0n) is 9.39. The van der Waals surface area contributed by atoms with E-state index in [4.69, 9.17) is 16.7 Å². The van der Waals surface area contributed by atoms with Crippen LogP contribution in [0.4, 0.5) is 0 Å². The molecule has 0 fully saturated rings. The zero-order chi connectivity index (χ0) is 13.3. The van der Waals surface area contributed by atoms with E-state index in [1.165, 1.54) is 0 Å². The summed E-state index contributed by atoms with van der Waals surface area (Å²) in [6, 6.07) is 5.28. The molecule has 0 radical (unpaired) electrons. The van der Waals surface area contributed by atoms with Gasteiger partial charge in [-0.15, -0.1) is 5.10 Å². The van der Waals surface area contributed by atoms with E-state index in [2.05, 4.69) is 26.2 Å². The fourth-order valence-corrected chi connectivity index (χ4v) is 2.12. The maximum atomic E-state index is 10.7. The van der Waals surface area contributed by atoms with Crippen LogP contribution in [-0.4, -0.2) is 26.1 Å². The minimum absolute atomic E-state index is 0.149. The van der Waals surface area contributed by atoms with Gasteiger partial charge in [0, 0.05) is 9.50 Å². The van der Waals surface area contributed by atoms with Crippen molar-refractivity contribution in [2.45, 2.75) is 13.3 Å². The maximum absolute atomic E-state index is 10.7. The molecule has 0 amide bonds. The smallest absolute Gasteiger partial charge is 0.309 e. The predicted molar refractivity (Wildman–Crippen MR) is 70.1 cm³/mol. The monoisotopic (exact) mass is 329 g/mol. The lowest BCUT2D eigenvalue weighted by atomic mass is 10.2. The molecule has 94 valence electrons. The Balaban J connectivity index is 2.48. The quantitative estimate of drug-likeness (QED) is 0.939. The summed E-state index contributed by atoms with van der Waals surface area (Å²) >= 11 is 9.33. The first-order valence-electron chi connectivity index (χ1n) is 5.07. The molecule has 0 saturated carbocycles. The third-order valence-corrected chi connectivity index (χ3v) is 3.35. The fraction of sp³-hybridized carbons (Fsp3) is 0.182. The molecule has 1 N–H and O–H groups in total. The molecule has 0 atom stereocenters. The van der Waals surface area contributed by atoms with Crippen LogP contribution in [0.25, 0.3) is 5.69 Å². The van der Waals surface area contributed by atoms with Crippen LogP contribution >= 0.6 is 27.5 Å². The lowest BCUT2D eigenvalue weighted by Gasteiger charge is -2.06. The number of benzene rings is 1. The van der Waals surface area contributed by atoms with Crippen molar-refractivity contribution in [2.24, 2.45) is 0 Å². The van der Waals surface area contributed by atoms with Crippen LogP contribution in [0.15, 0.2) is 22.7 Å². The van der Waals surface area contributed by atoms with Crippen molar-refractivity contribution < 1.29 is 9.90 Å². The van der Waals surface area contributed by atoms with Gasteiger partial charge in [0.05, 0.1) is 23.5 Å². The van der Waals surface area contributed by atoms with E-state index in [1.54, 1.807) is 29.8 Å². The minimum atomic E-state index is -0.935. The number of carboxylic acids is 1. The summed E-state index contributed by atoms with van der Waals surface area (Å²) in [6.45, 7) is 1.77. The molecule has 0 aliphatic heterocycles. The van der Waals surface area contributed by atoms with E-state index in [0.29, 0.717) is 16.4 Å². The molecular formula is C11H9BrClN3O2. The Hall–Kier alpha value is -1.40. The average Bonchev–Trinajstić information content (AvgIpc) is 2.64. The van der Waals surface area contributed by atoms with E-state index in [-0.39, 0.29) is 6.42 Å². The van der Waals surface area contributed by atoms with Crippen molar-refractivity contribution in [2.75, 3.05) is 0 Å². The molecule has 1 aromatic heterocycles. The van der Waals surface area contributed by atoms with Crippen LogP contribution in [0.3, 0.4) is 0 Å². The normalized spacial score (nSPS) is 10.6. The number of halogens is 2. The van der Waals surface area contributed by atoms with Crippen LogP contribution < -0.4 is 0 Å². The third-order valence-electron chi connectivity index (χ3n) is 2.45. The van der Waals surface area contributed by atoms with E-state index in [9.17, 15) is 4.79 Å². The Labute approximate surface area is 117 Å². The van der Waals surface area contributed by atoms with Crippen molar-refractivity contribution in [3.05, 3.63) is 39.1 Å². The average molecular weight is 331 g/mol. The van der Waals surface area contributed by atoms with Gasteiger partial charge in [0.1, 0.15) is 0 Å². The number of aromatic nitrogens is 3. The third kappa shape index (κ3) is 2.54.